The van der Waals surface area contributed by atoms with Gasteiger partial charge in [-0.2, -0.15) is 0 Å². The van der Waals surface area contributed by atoms with E-state index in [9.17, 15) is 19.8 Å². The lowest BCUT2D eigenvalue weighted by atomic mass is 10.0. The molecule has 0 aliphatic carbocycles. The van der Waals surface area contributed by atoms with Crippen molar-refractivity contribution in [1.29, 1.82) is 0 Å². The first kappa shape index (κ1) is 84.3. The number of amides is 1. The second-order valence-corrected chi connectivity index (χ2v) is 27.4. The molecule has 0 bridgehead atoms. The lowest BCUT2D eigenvalue weighted by Crippen LogP contribution is -2.45. The Hall–Kier alpha value is -1.66. The van der Waals surface area contributed by atoms with E-state index in [1.807, 2.05) is 0 Å². The Balaban J connectivity index is 3.30. The summed E-state index contributed by atoms with van der Waals surface area (Å²) < 4.78 is 5.51. The Morgan fingerprint density at radius 3 is 0.826 bits per heavy atom. The van der Waals surface area contributed by atoms with Gasteiger partial charge >= 0.3 is 5.97 Å². The average Bonchev–Trinajstić information content (AvgIpc) is 3.54. The molecule has 3 N–H and O–H groups in total. The van der Waals surface area contributed by atoms with Crippen molar-refractivity contribution in [1.82, 2.24) is 5.32 Å². The zero-order valence-corrected chi connectivity index (χ0v) is 58.6. The summed E-state index contributed by atoms with van der Waals surface area (Å²) in [5.74, 6) is -0.00802. The molecule has 1 amide bonds. The second kappa shape index (κ2) is 75.8. The highest BCUT2D eigenvalue weighted by Gasteiger charge is 2.20. The minimum Gasteiger partial charge on any atom is -0.466 e. The van der Waals surface area contributed by atoms with Crippen LogP contribution in [0.5, 0.6) is 0 Å². The van der Waals surface area contributed by atoms with Gasteiger partial charge in [-0.05, 0) is 77.0 Å². The molecule has 0 aliphatic heterocycles. The van der Waals surface area contributed by atoms with Gasteiger partial charge in [-0.25, -0.2) is 0 Å². The van der Waals surface area contributed by atoms with Gasteiger partial charge in [0.2, 0.25) is 5.91 Å². The number of aliphatic hydroxyl groups excluding tert-OH is 2. The molecule has 0 aromatic carbocycles. The van der Waals surface area contributed by atoms with Gasteiger partial charge in [0, 0.05) is 12.8 Å². The Morgan fingerprint density at radius 2 is 0.547 bits per heavy atom. The number of carbonyl (C=O) groups is 2. The van der Waals surface area contributed by atoms with E-state index >= 15 is 0 Å². The number of ether oxygens (including phenoxy) is 1. The molecule has 510 valence electrons. The molecule has 0 saturated heterocycles. The first-order valence-electron chi connectivity index (χ1n) is 39.6. The maximum atomic E-state index is 12.5. The summed E-state index contributed by atoms with van der Waals surface area (Å²) in [6, 6.07) is -0.537. The normalized spacial score (nSPS) is 12.6. The number of hydrogen-bond donors (Lipinski definition) is 3. The highest BCUT2D eigenvalue weighted by atomic mass is 16.5. The minimum absolute atomic E-state index is 0.0200. The molecule has 0 aromatic rings. The largest absolute Gasteiger partial charge is 0.466 e. The summed E-state index contributed by atoms with van der Waals surface area (Å²) in [6.45, 7) is 4.99. The van der Waals surface area contributed by atoms with Crippen LogP contribution in [-0.2, 0) is 14.3 Å². The Kier molecular flexibility index (Phi) is 74.3. The molecule has 0 heterocycles. The highest BCUT2D eigenvalue weighted by Crippen LogP contribution is 2.20. The molecule has 6 heteroatoms. The summed E-state index contributed by atoms with van der Waals surface area (Å²) in [7, 11) is 0. The third-order valence-corrected chi connectivity index (χ3v) is 18.7. The molecule has 0 aliphatic rings. The smallest absolute Gasteiger partial charge is 0.305 e. The number of nitrogens with one attached hydrogen (secondary N) is 1. The van der Waals surface area contributed by atoms with Crippen LogP contribution in [-0.4, -0.2) is 47.4 Å². The maximum Gasteiger partial charge on any atom is 0.305 e. The van der Waals surface area contributed by atoms with E-state index < -0.39 is 12.1 Å². The van der Waals surface area contributed by atoms with Crippen LogP contribution in [0, 0.1) is 0 Å². The van der Waals surface area contributed by atoms with Crippen molar-refractivity contribution >= 4 is 11.9 Å². The van der Waals surface area contributed by atoms with Gasteiger partial charge in [0.1, 0.15) is 0 Å². The summed E-state index contributed by atoms with van der Waals surface area (Å²) >= 11 is 0. The van der Waals surface area contributed by atoms with Crippen LogP contribution in [0.4, 0.5) is 0 Å². The van der Waals surface area contributed by atoms with Gasteiger partial charge in [0.05, 0.1) is 25.4 Å². The van der Waals surface area contributed by atoms with Crippen molar-refractivity contribution in [3.05, 3.63) is 24.3 Å². The maximum absolute atomic E-state index is 12.5. The van der Waals surface area contributed by atoms with Crippen LogP contribution in [0.3, 0.4) is 0 Å². The SMILES string of the molecule is CCCCCCCC/C=C\CCCCCCCCCC(=O)OCCCCCCCCCCCCCCCCCCCC/C=C\CCCCCCCCCCCCCCCCCCCC(=O)NC(CO)C(O)CCCCCCCCCCCCCCC. The van der Waals surface area contributed by atoms with Crippen molar-refractivity contribution in [2.24, 2.45) is 0 Å². The lowest BCUT2D eigenvalue weighted by Gasteiger charge is -2.22. The summed E-state index contributed by atoms with van der Waals surface area (Å²) in [6.07, 6.45) is 97.1. The fraction of sp³-hybridized carbons (Fsp3) is 0.925. The van der Waals surface area contributed by atoms with Crippen LogP contribution in [0.2, 0.25) is 0 Å². The predicted octanol–water partition coefficient (Wildman–Crippen LogP) is 26.0. The van der Waals surface area contributed by atoms with Gasteiger partial charge < -0.3 is 20.3 Å². The van der Waals surface area contributed by atoms with Gasteiger partial charge in [0.15, 0.2) is 0 Å². The number of aliphatic hydroxyl groups is 2. The molecule has 2 atom stereocenters. The molecule has 0 aromatic heterocycles. The third kappa shape index (κ3) is 71.4. The van der Waals surface area contributed by atoms with Gasteiger partial charge in [0.25, 0.3) is 0 Å². The molecule has 0 fully saturated rings. The van der Waals surface area contributed by atoms with Crippen molar-refractivity contribution in [2.45, 2.75) is 463 Å². The number of unbranched alkanes of at least 4 members (excludes halogenated alkanes) is 60. The topological polar surface area (TPSA) is 95.9 Å². The minimum atomic E-state index is -0.660. The van der Waals surface area contributed by atoms with Crippen molar-refractivity contribution < 1.29 is 24.5 Å². The number of hydrogen-bond acceptors (Lipinski definition) is 5. The van der Waals surface area contributed by atoms with E-state index in [4.69, 9.17) is 4.74 Å². The van der Waals surface area contributed by atoms with E-state index in [1.54, 1.807) is 0 Å². The molecule has 0 radical (unpaired) electrons. The molecule has 86 heavy (non-hydrogen) atoms. The van der Waals surface area contributed by atoms with Gasteiger partial charge in [-0.3, -0.25) is 9.59 Å². The van der Waals surface area contributed by atoms with E-state index in [0.29, 0.717) is 25.9 Å². The van der Waals surface area contributed by atoms with Crippen LogP contribution in [0.25, 0.3) is 0 Å². The molecule has 0 saturated carbocycles. The predicted molar refractivity (Wildman–Crippen MR) is 380 cm³/mol. The molecular formula is C80H155NO5. The molecule has 0 spiro atoms. The third-order valence-electron chi connectivity index (χ3n) is 18.7. The van der Waals surface area contributed by atoms with E-state index in [2.05, 4.69) is 43.5 Å². The molecular weight excluding hydrogens is 1050 g/mol. The Labute approximate surface area is 539 Å². The van der Waals surface area contributed by atoms with Crippen molar-refractivity contribution in [2.75, 3.05) is 13.2 Å². The number of carbonyl (C=O) groups excluding carboxylic acids is 2. The summed E-state index contributed by atoms with van der Waals surface area (Å²) in [5.41, 5.74) is 0. The van der Waals surface area contributed by atoms with Gasteiger partial charge in [-0.15, -0.1) is 0 Å². The van der Waals surface area contributed by atoms with Crippen molar-refractivity contribution in [3.63, 3.8) is 0 Å². The second-order valence-electron chi connectivity index (χ2n) is 27.4. The van der Waals surface area contributed by atoms with E-state index in [-0.39, 0.29) is 18.5 Å². The number of allylic oxidation sites excluding steroid dienone is 4. The van der Waals surface area contributed by atoms with Crippen LogP contribution >= 0.6 is 0 Å². The van der Waals surface area contributed by atoms with Gasteiger partial charge in [-0.1, -0.05) is 385 Å². The van der Waals surface area contributed by atoms with Crippen molar-refractivity contribution in [3.8, 4) is 0 Å². The fourth-order valence-corrected chi connectivity index (χ4v) is 12.7. The summed E-state index contributed by atoms with van der Waals surface area (Å²) in [4.78, 5) is 24.6. The molecule has 6 nitrogen and oxygen atoms in total. The number of esters is 1. The summed E-state index contributed by atoms with van der Waals surface area (Å²) in [5, 5.41) is 23.3. The van der Waals surface area contributed by atoms with Crippen LogP contribution in [0.15, 0.2) is 24.3 Å². The Bertz CT molecular complexity index is 1350. The first-order chi connectivity index (χ1) is 42.5. The average molecular weight is 1210 g/mol. The Morgan fingerprint density at radius 1 is 0.314 bits per heavy atom. The zero-order valence-electron chi connectivity index (χ0n) is 58.6. The van der Waals surface area contributed by atoms with Crippen LogP contribution < -0.4 is 5.32 Å². The molecule has 0 rings (SSSR count). The molecule has 2 unspecified atom stereocenters. The highest BCUT2D eigenvalue weighted by molar-refractivity contribution is 5.76. The number of rotatable bonds is 75. The fourth-order valence-electron chi connectivity index (χ4n) is 12.7. The zero-order chi connectivity index (χ0) is 62.0. The van der Waals surface area contributed by atoms with Crippen LogP contribution in [0.1, 0.15) is 450 Å². The quantitative estimate of drug-likeness (QED) is 0.0320. The van der Waals surface area contributed by atoms with E-state index in [0.717, 1.165) is 38.5 Å². The van der Waals surface area contributed by atoms with E-state index in [1.165, 1.54) is 379 Å². The monoisotopic (exact) mass is 1210 g/mol. The lowest BCUT2D eigenvalue weighted by molar-refractivity contribution is -0.143. The standard InChI is InChI=1S/C80H155NO5/c1-3-5-7-9-11-13-15-17-18-42-46-50-54-58-62-66-70-74-80(85)86-75-71-67-63-59-55-51-47-44-41-39-37-35-33-31-29-27-25-23-21-19-20-22-24-26-28-30-32-34-36-38-40-43-45-49-53-57-61-65-69-73-79(84)81-77(76-82)78(83)72-68-64-60-56-52-48-16-14-12-10-8-6-4-2/h17-20,77-78,82-83H,3-16,21-76H2,1-2H3,(H,81,84)/b18-17-,20-19-. The first-order valence-corrected chi connectivity index (χ1v) is 39.6.